The lowest BCUT2D eigenvalue weighted by molar-refractivity contribution is 0.0894. The number of oxime groups is 2. The summed E-state index contributed by atoms with van der Waals surface area (Å²) < 4.78 is 0. The SMILES string of the molecule is CSc1cc(C)nc2c1CCCC2=NOCCCON=C1CCCc2c(SC)cc(C)nc21. The van der Waals surface area contributed by atoms with Gasteiger partial charge in [0, 0.05) is 27.6 Å². The van der Waals surface area contributed by atoms with Crippen LogP contribution < -0.4 is 0 Å². The van der Waals surface area contributed by atoms with E-state index in [0.29, 0.717) is 13.2 Å². The normalized spacial score (nSPS) is 17.7. The van der Waals surface area contributed by atoms with Gasteiger partial charge in [-0.2, -0.15) is 0 Å². The second kappa shape index (κ2) is 11.4. The smallest absolute Gasteiger partial charge is 0.120 e. The molecule has 0 saturated carbocycles. The average Bonchev–Trinajstić information content (AvgIpc) is 2.82. The monoisotopic (exact) mass is 484 g/mol. The fourth-order valence-corrected chi connectivity index (χ4v) is 5.85. The molecule has 2 heterocycles. The molecule has 176 valence electrons. The van der Waals surface area contributed by atoms with Crippen LogP contribution in [0.2, 0.25) is 0 Å². The molecule has 33 heavy (non-hydrogen) atoms. The molecule has 2 aromatic heterocycles. The molecule has 0 bridgehead atoms. The Morgan fingerprint density at radius 1 is 0.758 bits per heavy atom. The van der Waals surface area contributed by atoms with Gasteiger partial charge in [0.1, 0.15) is 24.6 Å². The van der Waals surface area contributed by atoms with Crippen LogP contribution in [-0.4, -0.2) is 47.1 Å². The Morgan fingerprint density at radius 3 is 1.64 bits per heavy atom. The van der Waals surface area contributed by atoms with Crippen LogP contribution in [-0.2, 0) is 22.5 Å². The van der Waals surface area contributed by atoms with E-state index in [9.17, 15) is 0 Å². The van der Waals surface area contributed by atoms with Gasteiger partial charge in [-0.1, -0.05) is 10.3 Å². The lowest BCUT2D eigenvalue weighted by Gasteiger charge is -2.20. The number of hydrogen-bond donors (Lipinski definition) is 0. The summed E-state index contributed by atoms with van der Waals surface area (Å²) in [5.41, 5.74) is 8.61. The van der Waals surface area contributed by atoms with E-state index >= 15 is 0 Å². The first kappa shape index (κ1) is 24.1. The summed E-state index contributed by atoms with van der Waals surface area (Å²) >= 11 is 3.55. The van der Waals surface area contributed by atoms with Crippen molar-refractivity contribution in [1.82, 2.24) is 9.97 Å². The van der Waals surface area contributed by atoms with E-state index in [-0.39, 0.29) is 0 Å². The highest BCUT2D eigenvalue weighted by Gasteiger charge is 2.22. The van der Waals surface area contributed by atoms with Crippen LogP contribution >= 0.6 is 23.5 Å². The van der Waals surface area contributed by atoms with Gasteiger partial charge in [0.05, 0.1) is 11.4 Å². The highest BCUT2D eigenvalue weighted by Crippen LogP contribution is 2.31. The Bertz CT molecular complexity index is 985. The summed E-state index contributed by atoms with van der Waals surface area (Å²) in [6.07, 6.45) is 11.1. The first-order valence-corrected chi connectivity index (χ1v) is 14.0. The number of thioether (sulfide) groups is 2. The molecule has 0 amide bonds. The molecule has 2 aliphatic rings. The molecule has 0 spiro atoms. The van der Waals surface area contributed by atoms with Gasteiger partial charge in [-0.15, -0.1) is 23.5 Å². The molecule has 4 rings (SSSR count). The molecule has 0 radical (unpaired) electrons. The first-order chi connectivity index (χ1) is 16.1. The van der Waals surface area contributed by atoms with E-state index in [0.717, 1.165) is 79.1 Å². The van der Waals surface area contributed by atoms with Crippen LogP contribution in [0.15, 0.2) is 32.2 Å². The van der Waals surface area contributed by atoms with Crippen LogP contribution in [0.3, 0.4) is 0 Å². The van der Waals surface area contributed by atoms with Gasteiger partial charge in [-0.3, -0.25) is 9.97 Å². The highest BCUT2D eigenvalue weighted by atomic mass is 32.2. The van der Waals surface area contributed by atoms with Crippen LogP contribution in [0.1, 0.15) is 66.0 Å². The Labute approximate surface area is 205 Å². The summed E-state index contributed by atoms with van der Waals surface area (Å²) in [6.45, 7) is 5.07. The van der Waals surface area contributed by atoms with E-state index in [1.54, 1.807) is 23.5 Å². The predicted molar refractivity (Wildman–Crippen MR) is 137 cm³/mol. The maximum absolute atomic E-state index is 5.64. The largest absolute Gasteiger partial charge is 0.395 e. The van der Waals surface area contributed by atoms with Crippen molar-refractivity contribution in [2.75, 3.05) is 25.7 Å². The zero-order chi connectivity index (χ0) is 23.2. The molecular formula is C25H32N4O2S2. The molecule has 0 saturated heterocycles. The fraction of sp³-hybridized carbons (Fsp3) is 0.520. The van der Waals surface area contributed by atoms with Crippen molar-refractivity contribution in [3.8, 4) is 0 Å². The summed E-state index contributed by atoms with van der Waals surface area (Å²) in [7, 11) is 0. The molecule has 0 atom stereocenters. The third-order valence-corrected chi connectivity index (χ3v) is 7.52. The Balaban J connectivity index is 1.31. The van der Waals surface area contributed by atoms with E-state index < -0.39 is 0 Å². The Morgan fingerprint density at radius 2 is 1.21 bits per heavy atom. The number of aryl methyl sites for hydroxylation is 2. The summed E-state index contributed by atoms with van der Waals surface area (Å²) in [5.74, 6) is 0. The van der Waals surface area contributed by atoms with E-state index in [1.165, 1.54) is 20.9 Å². The molecule has 6 nitrogen and oxygen atoms in total. The standard InChI is InChI=1S/C25H32N4O2S2/c1-16-14-22(32-3)18-8-5-10-20(24(18)26-16)28-30-12-7-13-31-29-21-11-6-9-19-23(33-4)15-17(2)27-25(19)21/h14-15H,5-13H2,1-4H3. The average molecular weight is 485 g/mol. The Kier molecular flexibility index (Phi) is 8.30. The first-order valence-electron chi connectivity index (χ1n) is 11.6. The minimum absolute atomic E-state index is 0.495. The molecule has 0 unspecified atom stereocenters. The molecular weight excluding hydrogens is 452 g/mol. The van der Waals surface area contributed by atoms with Gasteiger partial charge in [0.25, 0.3) is 0 Å². The van der Waals surface area contributed by atoms with Crippen molar-refractivity contribution in [3.63, 3.8) is 0 Å². The number of rotatable bonds is 8. The Hall–Kier alpha value is -2.06. The van der Waals surface area contributed by atoms with Gasteiger partial charge in [-0.25, -0.2) is 0 Å². The van der Waals surface area contributed by atoms with Crippen LogP contribution in [0.25, 0.3) is 0 Å². The molecule has 0 aliphatic heterocycles. The third-order valence-electron chi connectivity index (χ3n) is 5.91. The van der Waals surface area contributed by atoms with Crippen LogP contribution in [0, 0.1) is 13.8 Å². The molecule has 0 fully saturated rings. The summed E-state index contributed by atoms with van der Waals surface area (Å²) in [6, 6.07) is 4.32. The second-order valence-electron chi connectivity index (χ2n) is 8.39. The lowest BCUT2D eigenvalue weighted by Crippen LogP contribution is -2.17. The molecule has 0 N–H and O–H groups in total. The third kappa shape index (κ3) is 5.72. The van der Waals surface area contributed by atoms with Crippen molar-refractivity contribution in [2.24, 2.45) is 10.3 Å². The van der Waals surface area contributed by atoms with Gasteiger partial charge in [0.15, 0.2) is 0 Å². The van der Waals surface area contributed by atoms with Crippen molar-refractivity contribution in [3.05, 3.63) is 46.0 Å². The molecule has 2 aliphatic carbocycles. The van der Waals surface area contributed by atoms with Gasteiger partial charge in [-0.05, 0) is 88.1 Å². The highest BCUT2D eigenvalue weighted by molar-refractivity contribution is 7.98. The number of fused-ring (bicyclic) bond motifs is 2. The van der Waals surface area contributed by atoms with Crippen molar-refractivity contribution >= 4 is 34.9 Å². The predicted octanol–water partition coefficient (Wildman–Crippen LogP) is 5.74. The lowest BCUT2D eigenvalue weighted by atomic mass is 9.94. The number of aromatic nitrogens is 2. The molecule has 0 aromatic carbocycles. The second-order valence-corrected chi connectivity index (χ2v) is 10.1. The number of hydrogen-bond acceptors (Lipinski definition) is 8. The quantitative estimate of drug-likeness (QED) is 0.270. The van der Waals surface area contributed by atoms with E-state index in [1.807, 2.05) is 13.8 Å². The fourth-order valence-electron chi connectivity index (χ4n) is 4.38. The van der Waals surface area contributed by atoms with Crippen LogP contribution in [0.5, 0.6) is 0 Å². The molecule has 8 heteroatoms. The summed E-state index contributed by atoms with van der Waals surface area (Å²) in [4.78, 5) is 23.4. The van der Waals surface area contributed by atoms with Gasteiger partial charge >= 0.3 is 0 Å². The van der Waals surface area contributed by atoms with Crippen molar-refractivity contribution in [2.45, 2.75) is 68.6 Å². The van der Waals surface area contributed by atoms with E-state index in [4.69, 9.17) is 19.6 Å². The van der Waals surface area contributed by atoms with Gasteiger partial charge in [0.2, 0.25) is 0 Å². The number of nitrogens with zero attached hydrogens (tertiary/aromatic N) is 4. The maximum atomic E-state index is 5.64. The maximum Gasteiger partial charge on any atom is 0.120 e. The van der Waals surface area contributed by atoms with E-state index in [2.05, 4.69) is 35.0 Å². The minimum Gasteiger partial charge on any atom is -0.395 e. The van der Waals surface area contributed by atoms with Crippen LogP contribution in [0.4, 0.5) is 0 Å². The van der Waals surface area contributed by atoms with Gasteiger partial charge < -0.3 is 9.68 Å². The van der Waals surface area contributed by atoms with Crippen molar-refractivity contribution in [1.29, 1.82) is 0 Å². The summed E-state index contributed by atoms with van der Waals surface area (Å²) in [5, 5.41) is 8.86. The van der Waals surface area contributed by atoms with Crippen molar-refractivity contribution < 1.29 is 9.68 Å². The zero-order valence-corrected chi connectivity index (χ0v) is 21.6. The topological polar surface area (TPSA) is 69.0 Å². The number of pyridine rings is 2. The zero-order valence-electron chi connectivity index (χ0n) is 19.9. The molecule has 2 aromatic rings. The minimum atomic E-state index is 0.495.